The van der Waals surface area contributed by atoms with Crippen molar-refractivity contribution in [3.63, 3.8) is 0 Å². The highest BCUT2D eigenvalue weighted by Gasteiger charge is 2.29. The first-order valence-corrected chi connectivity index (χ1v) is 8.68. The fraction of sp³-hybridized carbons (Fsp3) is 0.444. The van der Waals surface area contributed by atoms with Crippen LogP contribution in [-0.4, -0.2) is 43.3 Å². The van der Waals surface area contributed by atoms with Gasteiger partial charge in [0.1, 0.15) is 6.54 Å². The van der Waals surface area contributed by atoms with Gasteiger partial charge >= 0.3 is 0 Å². The standard InChI is InChI=1S/C18H21N5O3/c1-18(2)9-12(5-8-26-18)21-16(24)11-22-7-4-14-13(17(22)25)10-19-15-3-6-20-23(14)15/h3-4,6-7,10,12H,5,8-9,11H2,1-2H3,(H,21,24)/t12-/m1/s1. The van der Waals surface area contributed by atoms with Crippen molar-refractivity contribution >= 4 is 22.5 Å². The molecule has 0 spiro atoms. The molecule has 8 nitrogen and oxygen atoms in total. The minimum atomic E-state index is -0.255. The second-order valence-electron chi connectivity index (χ2n) is 7.27. The fourth-order valence-corrected chi connectivity index (χ4v) is 3.51. The Morgan fingerprint density at radius 2 is 2.27 bits per heavy atom. The number of aromatic nitrogens is 4. The number of nitrogens with one attached hydrogen (secondary N) is 1. The predicted molar refractivity (Wildman–Crippen MR) is 95.9 cm³/mol. The average molecular weight is 355 g/mol. The Labute approximate surface area is 149 Å². The van der Waals surface area contributed by atoms with Crippen molar-refractivity contribution in [3.05, 3.63) is 41.1 Å². The number of nitrogens with zero attached hydrogens (tertiary/aromatic N) is 4. The Hall–Kier alpha value is -2.74. The van der Waals surface area contributed by atoms with E-state index in [2.05, 4.69) is 15.4 Å². The first kappa shape index (κ1) is 16.7. The van der Waals surface area contributed by atoms with Gasteiger partial charge in [-0.2, -0.15) is 5.10 Å². The van der Waals surface area contributed by atoms with Crippen molar-refractivity contribution in [2.45, 2.75) is 44.9 Å². The molecular formula is C18H21N5O3. The minimum Gasteiger partial charge on any atom is -0.375 e. The zero-order chi connectivity index (χ0) is 18.3. The van der Waals surface area contributed by atoms with Gasteiger partial charge in [-0.15, -0.1) is 0 Å². The average Bonchev–Trinajstić information content (AvgIpc) is 3.05. The Morgan fingerprint density at radius 3 is 3.08 bits per heavy atom. The van der Waals surface area contributed by atoms with E-state index >= 15 is 0 Å². The minimum absolute atomic E-state index is 0.0241. The van der Waals surface area contributed by atoms with Crippen LogP contribution in [0.3, 0.4) is 0 Å². The van der Waals surface area contributed by atoms with E-state index in [0.29, 0.717) is 23.2 Å². The topological polar surface area (TPSA) is 90.5 Å². The normalized spacial score (nSPS) is 19.7. The van der Waals surface area contributed by atoms with Crippen molar-refractivity contribution < 1.29 is 9.53 Å². The van der Waals surface area contributed by atoms with Crippen LogP contribution in [-0.2, 0) is 16.1 Å². The zero-order valence-electron chi connectivity index (χ0n) is 14.8. The lowest BCUT2D eigenvalue weighted by Crippen LogP contribution is -2.47. The molecule has 136 valence electrons. The number of hydrogen-bond donors (Lipinski definition) is 1. The van der Waals surface area contributed by atoms with Crippen LogP contribution in [0.2, 0.25) is 0 Å². The van der Waals surface area contributed by atoms with Crippen molar-refractivity contribution in [2.24, 2.45) is 0 Å². The van der Waals surface area contributed by atoms with E-state index in [1.807, 2.05) is 13.8 Å². The number of carbonyl (C=O) groups excluding carboxylic acids is 1. The van der Waals surface area contributed by atoms with Crippen LogP contribution in [0.15, 0.2) is 35.5 Å². The molecule has 0 aromatic carbocycles. The Kier molecular flexibility index (Phi) is 3.99. The summed E-state index contributed by atoms with van der Waals surface area (Å²) in [5, 5.41) is 7.63. The van der Waals surface area contributed by atoms with Gasteiger partial charge in [-0.25, -0.2) is 9.50 Å². The molecule has 1 N–H and O–H groups in total. The number of ether oxygens (including phenoxy) is 1. The molecule has 1 aliphatic heterocycles. The van der Waals surface area contributed by atoms with Crippen LogP contribution >= 0.6 is 0 Å². The maximum Gasteiger partial charge on any atom is 0.262 e. The number of carbonyl (C=O) groups is 1. The quantitative estimate of drug-likeness (QED) is 0.760. The summed E-state index contributed by atoms with van der Waals surface area (Å²) >= 11 is 0. The summed E-state index contributed by atoms with van der Waals surface area (Å²) in [6.45, 7) is 4.63. The molecule has 1 saturated heterocycles. The number of hydrogen-bond acceptors (Lipinski definition) is 5. The van der Waals surface area contributed by atoms with E-state index in [9.17, 15) is 9.59 Å². The molecule has 4 rings (SSSR count). The number of pyridine rings is 1. The fourth-order valence-electron chi connectivity index (χ4n) is 3.51. The molecule has 4 heterocycles. The van der Waals surface area contributed by atoms with Gasteiger partial charge in [0.15, 0.2) is 5.65 Å². The van der Waals surface area contributed by atoms with Gasteiger partial charge in [-0.3, -0.25) is 9.59 Å². The lowest BCUT2D eigenvalue weighted by atomic mass is 9.94. The molecule has 1 aliphatic rings. The van der Waals surface area contributed by atoms with Gasteiger partial charge in [-0.1, -0.05) is 0 Å². The van der Waals surface area contributed by atoms with Gasteiger partial charge in [-0.05, 0) is 32.8 Å². The lowest BCUT2D eigenvalue weighted by molar-refractivity contribution is -0.124. The molecule has 3 aromatic heterocycles. The van der Waals surface area contributed by atoms with Crippen LogP contribution in [0.1, 0.15) is 26.7 Å². The zero-order valence-corrected chi connectivity index (χ0v) is 14.8. The predicted octanol–water partition coefficient (Wildman–Crippen LogP) is 1.12. The molecule has 0 radical (unpaired) electrons. The second kappa shape index (κ2) is 6.21. The summed E-state index contributed by atoms with van der Waals surface area (Å²) < 4.78 is 8.69. The van der Waals surface area contributed by atoms with Crippen LogP contribution in [0.4, 0.5) is 0 Å². The maximum atomic E-state index is 12.7. The smallest absolute Gasteiger partial charge is 0.262 e. The second-order valence-corrected chi connectivity index (χ2v) is 7.27. The number of fused-ring (bicyclic) bond motifs is 3. The molecule has 26 heavy (non-hydrogen) atoms. The first-order chi connectivity index (χ1) is 12.4. The Morgan fingerprint density at radius 1 is 1.42 bits per heavy atom. The Bertz CT molecular complexity index is 1040. The van der Waals surface area contributed by atoms with Crippen molar-refractivity contribution in [2.75, 3.05) is 6.61 Å². The third-order valence-electron chi connectivity index (χ3n) is 4.73. The lowest BCUT2D eigenvalue weighted by Gasteiger charge is -2.35. The van der Waals surface area contributed by atoms with Gasteiger partial charge < -0.3 is 14.6 Å². The number of amides is 1. The highest BCUT2D eigenvalue weighted by molar-refractivity contribution is 5.80. The molecule has 1 amide bonds. The highest BCUT2D eigenvalue weighted by Crippen LogP contribution is 2.23. The van der Waals surface area contributed by atoms with E-state index in [-0.39, 0.29) is 29.7 Å². The van der Waals surface area contributed by atoms with E-state index in [1.54, 1.807) is 29.0 Å². The van der Waals surface area contributed by atoms with Crippen LogP contribution < -0.4 is 10.9 Å². The third-order valence-corrected chi connectivity index (χ3v) is 4.73. The Balaban J connectivity index is 1.55. The summed E-state index contributed by atoms with van der Waals surface area (Å²) in [4.78, 5) is 29.3. The molecule has 0 bridgehead atoms. The van der Waals surface area contributed by atoms with E-state index in [4.69, 9.17) is 4.74 Å². The van der Waals surface area contributed by atoms with Gasteiger partial charge in [0.2, 0.25) is 5.91 Å². The largest absolute Gasteiger partial charge is 0.375 e. The summed E-state index contributed by atoms with van der Waals surface area (Å²) in [7, 11) is 0. The van der Waals surface area contributed by atoms with E-state index in [1.165, 1.54) is 10.8 Å². The van der Waals surface area contributed by atoms with E-state index in [0.717, 1.165) is 12.8 Å². The first-order valence-electron chi connectivity index (χ1n) is 8.68. The van der Waals surface area contributed by atoms with Gasteiger partial charge in [0.25, 0.3) is 5.56 Å². The summed E-state index contributed by atoms with van der Waals surface area (Å²) in [5.74, 6) is -0.178. The van der Waals surface area contributed by atoms with Crippen molar-refractivity contribution in [1.29, 1.82) is 0 Å². The van der Waals surface area contributed by atoms with Gasteiger partial charge in [0, 0.05) is 31.1 Å². The van der Waals surface area contributed by atoms with Crippen LogP contribution in [0.5, 0.6) is 0 Å². The molecule has 0 unspecified atom stereocenters. The summed E-state index contributed by atoms with van der Waals surface area (Å²) in [6, 6.07) is 3.62. The molecule has 0 aliphatic carbocycles. The van der Waals surface area contributed by atoms with Crippen LogP contribution in [0.25, 0.3) is 16.6 Å². The van der Waals surface area contributed by atoms with Crippen LogP contribution in [0, 0.1) is 0 Å². The molecular weight excluding hydrogens is 334 g/mol. The van der Waals surface area contributed by atoms with Crippen molar-refractivity contribution in [3.8, 4) is 0 Å². The highest BCUT2D eigenvalue weighted by atomic mass is 16.5. The summed E-state index contributed by atoms with van der Waals surface area (Å²) in [5.41, 5.74) is 0.855. The third kappa shape index (κ3) is 3.08. The maximum absolute atomic E-state index is 12.7. The molecule has 1 fully saturated rings. The van der Waals surface area contributed by atoms with Gasteiger partial charge in [0.05, 0.1) is 22.7 Å². The SMILES string of the molecule is CC1(C)C[C@H](NC(=O)Cn2ccc3c(cnc4ccnn43)c2=O)CCO1. The number of rotatable bonds is 3. The van der Waals surface area contributed by atoms with Crippen molar-refractivity contribution in [1.82, 2.24) is 24.5 Å². The molecule has 1 atom stereocenters. The molecule has 0 saturated carbocycles. The monoisotopic (exact) mass is 355 g/mol. The van der Waals surface area contributed by atoms with E-state index < -0.39 is 0 Å². The molecule has 3 aromatic rings. The summed E-state index contributed by atoms with van der Waals surface area (Å²) in [6.07, 6.45) is 6.33. The molecule has 8 heteroatoms.